The van der Waals surface area contributed by atoms with Crippen LogP contribution in [0.2, 0.25) is 0 Å². The first-order valence-corrected chi connectivity index (χ1v) is 6.05. The Kier molecular flexibility index (Phi) is 2.41. The second-order valence-electron chi connectivity index (χ2n) is 3.99. The normalized spacial score (nSPS) is 16.4. The minimum atomic E-state index is 0.531. The van der Waals surface area contributed by atoms with Crippen LogP contribution in [0.4, 0.5) is 0 Å². The molecule has 1 aliphatic rings. The molecule has 0 amide bonds. The second-order valence-corrected chi connectivity index (χ2v) is 4.85. The molecule has 0 aliphatic carbocycles. The van der Waals surface area contributed by atoms with Gasteiger partial charge in [-0.05, 0) is 28.1 Å². The SMILES string of the molecule is COc1cc(Br)c2occc2c1C1CNC1. The molecule has 0 spiro atoms. The van der Waals surface area contributed by atoms with Gasteiger partial charge in [-0.25, -0.2) is 0 Å². The standard InChI is InChI=1S/C12H12BrNO2/c1-15-10-4-9(13)12-8(2-3-16-12)11(10)7-5-14-6-7/h2-4,7,14H,5-6H2,1H3. The minimum absolute atomic E-state index is 0.531. The third kappa shape index (κ3) is 1.37. The first-order chi connectivity index (χ1) is 7.81. The summed E-state index contributed by atoms with van der Waals surface area (Å²) in [6.07, 6.45) is 1.73. The van der Waals surface area contributed by atoms with E-state index in [1.165, 1.54) is 5.56 Å². The van der Waals surface area contributed by atoms with Gasteiger partial charge in [-0.2, -0.15) is 0 Å². The van der Waals surface area contributed by atoms with Crippen LogP contribution in [0, 0.1) is 0 Å². The monoisotopic (exact) mass is 281 g/mol. The van der Waals surface area contributed by atoms with Gasteiger partial charge in [0.15, 0.2) is 0 Å². The van der Waals surface area contributed by atoms with Gasteiger partial charge in [0.1, 0.15) is 11.3 Å². The zero-order valence-electron chi connectivity index (χ0n) is 8.92. The number of hydrogen-bond acceptors (Lipinski definition) is 3. The molecule has 3 nitrogen and oxygen atoms in total. The van der Waals surface area contributed by atoms with Crippen molar-refractivity contribution in [2.45, 2.75) is 5.92 Å². The van der Waals surface area contributed by atoms with E-state index in [0.29, 0.717) is 5.92 Å². The molecule has 0 bridgehead atoms. The van der Waals surface area contributed by atoms with E-state index in [9.17, 15) is 0 Å². The van der Waals surface area contributed by atoms with Crippen LogP contribution in [-0.2, 0) is 0 Å². The third-order valence-electron chi connectivity index (χ3n) is 3.11. The maximum absolute atomic E-state index is 5.48. The van der Waals surface area contributed by atoms with E-state index in [1.54, 1.807) is 13.4 Å². The van der Waals surface area contributed by atoms with Crippen molar-refractivity contribution in [2.75, 3.05) is 20.2 Å². The molecule has 2 aromatic rings. The highest BCUT2D eigenvalue weighted by Gasteiger charge is 2.26. The number of rotatable bonds is 2. The van der Waals surface area contributed by atoms with Crippen molar-refractivity contribution < 1.29 is 9.15 Å². The Morgan fingerprint density at radius 1 is 1.50 bits per heavy atom. The first kappa shape index (κ1) is 10.2. The lowest BCUT2D eigenvalue weighted by Crippen LogP contribution is -2.40. The summed E-state index contributed by atoms with van der Waals surface area (Å²) in [6.45, 7) is 2.02. The molecule has 16 heavy (non-hydrogen) atoms. The summed E-state index contributed by atoms with van der Waals surface area (Å²) in [6, 6.07) is 4.00. The summed E-state index contributed by atoms with van der Waals surface area (Å²) in [5.41, 5.74) is 2.16. The molecular weight excluding hydrogens is 270 g/mol. The molecule has 1 aromatic carbocycles. The van der Waals surface area contributed by atoms with Crippen LogP contribution in [0.25, 0.3) is 11.0 Å². The van der Waals surface area contributed by atoms with Crippen LogP contribution in [0.3, 0.4) is 0 Å². The largest absolute Gasteiger partial charge is 0.496 e. The van der Waals surface area contributed by atoms with Crippen molar-refractivity contribution in [1.29, 1.82) is 0 Å². The van der Waals surface area contributed by atoms with Crippen LogP contribution >= 0.6 is 15.9 Å². The molecule has 0 atom stereocenters. The lowest BCUT2D eigenvalue weighted by atomic mass is 9.90. The predicted molar refractivity (Wildman–Crippen MR) is 66.1 cm³/mol. The number of nitrogens with one attached hydrogen (secondary N) is 1. The van der Waals surface area contributed by atoms with Gasteiger partial charge in [0.05, 0.1) is 17.8 Å². The Labute approximate surface area is 102 Å². The first-order valence-electron chi connectivity index (χ1n) is 5.25. The van der Waals surface area contributed by atoms with Gasteiger partial charge in [0.25, 0.3) is 0 Å². The number of benzene rings is 1. The van der Waals surface area contributed by atoms with Gasteiger partial charge < -0.3 is 14.5 Å². The molecule has 84 valence electrons. The molecule has 2 heterocycles. The van der Waals surface area contributed by atoms with E-state index >= 15 is 0 Å². The number of halogens is 1. The van der Waals surface area contributed by atoms with Crippen molar-refractivity contribution in [1.82, 2.24) is 5.32 Å². The van der Waals surface area contributed by atoms with Crippen LogP contribution in [0.5, 0.6) is 5.75 Å². The van der Waals surface area contributed by atoms with E-state index in [4.69, 9.17) is 9.15 Å². The Hall–Kier alpha value is -1.00. The van der Waals surface area contributed by atoms with E-state index in [1.807, 2.05) is 12.1 Å². The number of methoxy groups -OCH3 is 1. The second kappa shape index (κ2) is 3.79. The number of furan rings is 1. The molecule has 1 fully saturated rings. The quantitative estimate of drug-likeness (QED) is 0.919. The Morgan fingerprint density at radius 3 is 2.94 bits per heavy atom. The van der Waals surface area contributed by atoms with E-state index in [0.717, 1.165) is 34.3 Å². The van der Waals surface area contributed by atoms with Gasteiger partial charge in [-0.1, -0.05) is 0 Å². The topological polar surface area (TPSA) is 34.4 Å². The van der Waals surface area contributed by atoms with Gasteiger partial charge >= 0.3 is 0 Å². The van der Waals surface area contributed by atoms with Gasteiger partial charge in [0, 0.05) is 30.0 Å². The van der Waals surface area contributed by atoms with Crippen LogP contribution in [0.15, 0.2) is 27.3 Å². The fraction of sp³-hybridized carbons (Fsp3) is 0.333. The number of ether oxygens (including phenoxy) is 1. The summed E-state index contributed by atoms with van der Waals surface area (Å²) in [7, 11) is 1.71. The van der Waals surface area contributed by atoms with Crippen molar-refractivity contribution in [3.63, 3.8) is 0 Å². The molecule has 1 aliphatic heterocycles. The summed E-state index contributed by atoms with van der Waals surface area (Å²) in [5, 5.41) is 4.44. The zero-order valence-corrected chi connectivity index (χ0v) is 10.5. The lowest BCUT2D eigenvalue weighted by Gasteiger charge is -2.29. The maximum atomic E-state index is 5.48. The van der Waals surface area contributed by atoms with Crippen LogP contribution < -0.4 is 10.1 Å². The van der Waals surface area contributed by atoms with Gasteiger partial charge in [0.2, 0.25) is 0 Å². The average molecular weight is 282 g/mol. The summed E-state index contributed by atoms with van der Waals surface area (Å²) in [5.74, 6) is 1.47. The molecule has 0 saturated carbocycles. The van der Waals surface area contributed by atoms with E-state index in [-0.39, 0.29) is 0 Å². The molecular formula is C12H12BrNO2. The molecule has 1 N–H and O–H groups in total. The van der Waals surface area contributed by atoms with Crippen LogP contribution in [-0.4, -0.2) is 20.2 Å². The maximum Gasteiger partial charge on any atom is 0.148 e. The summed E-state index contributed by atoms with van der Waals surface area (Å²) >= 11 is 3.50. The van der Waals surface area contributed by atoms with E-state index < -0.39 is 0 Å². The Balaban J connectivity index is 2.28. The van der Waals surface area contributed by atoms with Crippen molar-refractivity contribution in [3.8, 4) is 5.75 Å². The Bertz CT molecular complexity index is 531. The molecule has 0 radical (unpaired) electrons. The fourth-order valence-corrected chi connectivity index (χ4v) is 2.70. The average Bonchev–Trinajstić information content (AvgIpc) is 2.68. The van der Waals surface area contributed by atoms with Crippen LogP contribution in [0.1, 0.15) is 11.5 Å². The summed E-state index contributed by atoms with van der Waals surface area (Å²) < 4.78 is 11.9. The minimum Gasteiger partial charge on any atom is -0.496 e. The summed E-state index contributed by atoms with van der Waals surface area (Å²) in [4.78, 5) is 0. The molecule has 1 aromatic heterocycles. The lowest BCUT2D eigenvalue weighted by molar-refractivity contribution is 0.387. The highest BCUT2D eigenvalue weighted by molar-refractivity contribution is 9.10. The highest BCUT2D eigenvalue weighted by atomic mass is 79.9. The fourth-order valence-electron chi connectivity index (χ4n) is 2.18. The zero-order chi connectivity index (χ0) is 11.1. The van der Waals surface area contributed by atoms with Gasteiger partial charge in [-0.3, -0.25) is 0 Å². The molecule has 3 rings (SSSR count). The number of hydrogen-bond donors (Lipinski definition) is 1. The van der Waals surface area contributed by atoms with Gasteiger partial charge in [-0.15, -0.1) is 0 Å². The van der Waals surface area contributed by atoms with Crippen molar-refractivity contribution in [2.24, 2.45) is 0 Å². The smallest absolute Gasteiger partial charge is 0.148 e. The third-order valence-corrected chi connectivity index (χ3v) is 3.69. The predicted octanol–water partition coefficient (Wildman–Crippen LogP) is 2.89. The highest BCUT2D eigenvalue weighted by Crippen LogP contribution is 2.40. The molecule has 4 heteroatoms. The van der Waals surface area contributed by atoms with Crippen molar-refractivity contribution in [3.05, 3.63) is 28.4 Å². The number of fused-ring (bicyclic) bond motifs is 1. The molecule has 1 saturated heterocycles. The Morgan fingerprint density at radius 2 is 2.31 bits per heavy atom. The molecule has 0 unspecified atom stereocenters. The van der Waals surface area contributed by atoms with E-state index in [2.05, 4.69) is 21.2 Å². The van der Waals surface area contributed by atoms with Crippen molar-refractivity contribution >= 4 is 26.9 Å².